The van der Waals surface area contributed by atoms with E-state index in [9.17, 15) is 19.5 Å². The molecule has 3 N–H and O–H groups in total. The van der Waals surface area contributed by atoms with E-state index >= 15 is 0 Å². The first-order valence-corrected chi connectivity index (χ1v) is 14.0. The van der Waals surface area contributed by atoms with Gasteiger partial charge in [-0.1, -0.05) is 72.3 Å². The fraction of sp³-hybridized carbons (Fsp3) is 0.364. The minimum atomic E-state index is -0.996. The summed E-state index contributed by atoms with van der Waals surface area (Å²) in [4.78, 5) is 42.8. The summed E-state index contributed by atoms with van der Waals surface area (Å²) in [5.41, 5.74) is 2.61. The fourth-order valence-corrected chi connectivity index (χ4v) is 4.73. The molecule has 1 aliphatic rings. The van der Waals surface area contributed by atoms with Gasteiger partial charge in [-0.3, -0.25) is 9.59 Å². The lowest BCUT2D eigenvalue weighted by molar-refractivity contribution is -0.143. The predicted molar refractivity (Wildman–Crippen MR) is 157 cm³/mol. The Hall–Kier alpha value is -4.33. The van der Waals surface area contributed by atoms with Gasteiger partial charge in [0.25, 0.3) is 0 Å². The van der Waals surface area contributed by atoms with Crippen molar-refractivity contribution in [3.8, 4) is 5.75 Å². The van der Waals surface area contributed by atoms with Gasteiger partial charge in [0.05, 0.1) is 0 Å². The Bertz CT molecular complexity index is 1350. The Morgan fingerprint density at radius 2 is 1.63 bits per heavy atom. The topological polar surface area (TPSA) is 108 Å². The maximum atomic E-state index is 14.4. The van der Waals surface area contributed by atoms with Crippen molar-refractivity contribution in [1.82, 2.24) is 15.5 Å². The van der Waals surface area contributed by atoms with Gasteiger partial charge in [-0.15, -0.1) is 0 Å². The van der Waals surface area contributed by atoms with E-state index < -0.39 is 23.8 Å². The molecule has 3 aromatic rings. The number of carbonyl (C=O) groups is 3. The number of carbonyl (C=O) groups excluding carboxylic acids is 3. The molecule has 3 amide bonds. The second-order valence-corrected chi connectivity index (χ2v) is 11.6. The number of phenols is 1. The fourth-order valence-electron chi connectivity index (χ4n) is 4.73. The van der Waals surface area contributed by atoms with Gasteiger partial charge < -0.3 is 25.4 Å². The molecule has 3 aromatic carbocycles. The second kappa shape index (κ2) is 12.9. The van der Waals surface area contributed by atoms with Gasteiger partial charge in [-0.2, -0.15) is 0 Å². The maximum Gasteiger partial charge on any atom is 0.408 e. The van der Waals surface area contributed by atoms with Crippen molar-refractivity contribution >= 4 is 17.9 Å². The monoisotopic (exact) mass is 557 g/mol. The Morgan fingerprint density at radius 1 is 0.951 bits per heavy atom. The molecule has 216 valence electrons. The van der Waals surface area contributed by atoms with Crippen molar-refractivity contribution in [2.24, 2.45) is 0 Å². The highest BCUT2D eigenvalue weighted by molar-refractivity contribution is 5.92. The normalized spacial score (nSPS) is 14.4. The average Bonchev–Trinajstić information content (AvgIpc) is 3.75. The third-order valence-corrected chi connectivity index (χ3v) is 6.75. The number of ether oxygens (including phenoxy) is 1. The van der Waals surface area contributed by atoms with Crippen LogP contribution in [0.1, 0.15) is 61.9 Å². The number of alkyl carbamates (subject to hydrolysis) is 1. The smallest absolute Gasteiger partial charge is 0.408 e. The highest BCUT2D eigenvalue weighted by Crippen LogP contribution is 2.36. The molecule has 0 spiro atoms. The largest absolute Gasteiger partial charge is 0.508 e. The predicted octanol–water partition coefficient (Wildman–Crippen LogP) is 5.19. The summed E-state index contributed by atoms with van der Waals surface area (Å²) < 4.78 is 5.49. The maximum absolute atomic E-state index is 14.4. The lowest BCUT2D eigenvalue weighted by Crippen LogP contribution is -2.54. The molecule has 1 fully saturated rings. The molecule has 0 aromatic heterocycles. The van der Waals surface area contributed by atoms with Gasteiger partial charge in [0.2, 0.25) is 11.8 Å². The number of aromatic hydroxyl groups is 1. The van der Waals surface area contributed by atoms with Crippen LogP contribution < -0.4 is 10.6 Å². The van der Waals surface area contributed by atoms with Gasteiger partial charge >= 0.3 is 6.09 Å². The molecule has 4 rings (SSSR count). The van der Waals surface area contributed by atoms with Gasteiger partial charge in [-0.05, 0) is 69.4 Å². The molecule has 0 radical (unpaired) electrons. The van der Waals surface area contributed by atoms with Crippen LogP contribution in [0, 0.1) is 6.92 Å². The van der Waals surface area contributed by atoms with E-state index in [1.807, 2.05) is 61.5 Å². The number of nitrogens with zero attached hydrogens (tertiary/aromatic N) is 1. The highest BCUT2D eigenvalue weighted by atomic mass is 16.6. The van der Waals surface area contributed by atoms with Crippen LogP contribution in [-0.2, 0) is 27.3 Å². The Morgan fingerprint density at radius 3 is 2.24 bits per heavy atom. The second-order valence-electron chi connectivity index (χ2n) is 11.6. The SMILES string of the molecule is Cc1cccc(C(C(=O)NCc2ccccc2)N(C(=O)C(Cc2ccc(O)cc2)NC(=O)OC(C)(C)C)C2CC2)c1. The van der Waals surface area contributed by atoms with E-state index in [-0.39, 0.29) is 30.0 Å². The Labute approximate surface area is 241 Å². The quantitative estimate of drug-likeness (QED) is 0.318. The number of hydrogen-bond acceptors (Lipinski definition) is 5. The summed E-state index contributed by atoms with van der Waals surface area (Å²) in [7, 11) is 0. The molecule has 8 nitrogen and oxygen atoms in total. The van der Waals surface area contributed by atoms with E-state index in [0.29, 0.717) is 12.1 Å². The number of amides is 3. The lowest BCUT2D eigenvalue weighted by atomic mass is 9.98. The number of rotatable bonds is 10. The van der Waals surface area contributed by atoms with Gasteiger partial charge in [-0.25, -0.2) is 4.79 Å². The summed E-state index contributed by atoms with van der Waals surface area (Å²) in [5, 5.41) is 15.5. The molecule has 0 heterocycles. The minimum Gasteiger partial charge on any atom is -0.508 e. The van der Waals surface area contributed by atoms with Crippen LogP contribution in [0.2, 0.25) is 0 Å². The zero-order valence-electron chi connectivity index (χ0n) is 24.1. The van der Waals surface area contributed by atoms with Gasteiger partial charge in [0.15, 0.2) is 0 Å². The molecule has 0 bridgehead atoms. The van der Waals surface area contributed by atoms with Crippen LogP contribution in [0.4, 0.5) is 4.79 Å². The number of aryl methyl sites for hydroxylation is 1. The highest BCUT2D eigenvalue weighted by Gasteiger charge is 2.44. The van der Waals surface area contributed by atoms with Crippen LogP contribution in [0.5, 0.6) is 5.75 Å². The van der Waals surface area contributed by atoms with E-state index in [0.717, 1.165) is 29.5 Å². The summed E-state index contributed by atoms with van der Waals surface area (Å²) in [6.07, 6.45) is 0.968. The molecule has 2 unspecified atom stereocenters. The first kappa shape index (κ1) is 29.6. The average molecular weight is 558 g/mol. The molecule has 1 saturated carbocycles. The minimum absolute atomic E-state index is 0.103. The Balaban J connectivity index is 1.68. The molecule has 2 atom stereocenters. The summed E-state index contributed by atoms with van der Waals surface area (Å²) in [6, 6.07) is 21.7. The van der Waals surface area contributed by atoms with Gasteiger partial charge in [0.1, 0.15) is 23.4 Å². The van der Waals surface area contributed by atoms with E-state index in [1.165, 1.54) is 12.1 Å². The third-order valence-electron chi connectivity index (χ3n) is 6.75. The molecular formula is C33H39N3O5. The van der Waals surface area contributed by atoms with Crippen molar-refractivity contribution in [3.05, 3.63) is 101 Å². The number of benzene rings is 3. The molecule has 1 aliphatic carbocycles. The number of nitrogens with one attached hydrogen (secondary N) is 2. The van der Waals surface area contributed by atoms with Gasteiger partial charge in [0, 0.05) is 19.0 Å². The van der Waals surface area contributed by atoms with Crippen molar-refractivity contribution in [3.63, 3.8) is 0 Å². The van der Waals surface area contributed by atoms with Crippen LogP contribution in [0.15, 0.2) is 78.9 Å². The first-order valence-electron chi connectivity index (χ1n) is 14.0. The number of hydrogen-bond donors (Lipinski definition) is 3. The summed E-state index contributed by atoms with van der Waals surface area (Å²) in [5.74, 6) is -0.556. The molecule has 0 saturated heterocycles. The van der Waals surface area contributed by atoms with Crippen LogP contribution in [-0.4, -0.2) is 45.6 Å². The lowest BCUT2D eigenvalue weighted by Gasteiger charge is -2.35. The van der Waals surface area contributed by atoms with Crippen LogP contribution in [0.3, 0.4) is 0 Å². The zero-order chi connectivity index (χ0) is 29.6. The summed E-state index contributed by atoms with van der Waals surface area (Å²) in [6.45, 7) is 7.53. The molecule has 0 aliphatic heterocycles. The zero-order valence-corrected chi connectivity index (χ0v) is 24.1. The van der Waals surface area contributed by atoms with Crippen LogP contribution in [0.25, 0.3) is 0 Å². The van der Waals surface area contributed by atoms with Crippen molar-refractivity contribution in [2.45, 2.75) is 77.2 Å². The van der Waals surface area contributed by atoms with E-state index in [1.54, 1.807) is 37.8 Å². The van der Waals surface area contributed by atoms with E-state index in [2.05, 4.69) is 10.6 Å². The molecule has 8 heteroatoms. The third kappa shape index (κ3) is 8.58. The Kier molecular flexibility index (Phi) is 9.32. The van der Waals surface area contributed by atoms with Crippen molar-refractivity contribution in [1.29, 1.82) is 0 Å². The number of phenolic OH excluding ortho intramolecular Hbond substituents is 1. The van der Waals surface area contributed by atoms with E-state index in [4.69, 9.17) is 4.74 Å². The first-order chi connectivity index (χ1) is 19.5. The van der Waals surface area contributed by atoms with Crippen molar-refractivity contribution in [2.75, 3.05) is 0 Å². The molecule has 41 heavy (non-hydrogen) atoms. The standard InChI is InChI=1S/C33H39N3O5/c1-22-9-8-12-25(19-22)29(30(38)34-21-24-10-6-5-7-11-24)36(26-15-16-26)31(39)28(35-32(40)41-33(2,3)4)20-23-13-17-27(37)18-14-23/h5-14,17-19,26,28-29,37H,15-16,20-21H2,1-4H3,(H,34,38)(H,35,40). The van der Waals surface area contributed by atoms with Crippen molar-refractivity contribution < 1.29 is 24.2 Å². The molecular weight excluding hydrogens is 518 g/mol. The summed E-state index contributed by atoms with van der Waals surface area (Å²) >= 11 is 0. The van der Waals surface area contributed by atoms with Crippen LogP contribution >= 0.6 is 0 Å².